The summed E-state index contributed by atoms with van der Waals surface area (Å²) in [4.78, 5) is 0.698. The highest BCUT2D eigenvalue weighted by Gasteiger charge is 2.10. The molecule has 0 spiro atoms. The molecular weight excluding hydrogens is 276 g/mol. The molecule has 6 heteroatoms. The molecule has 0 amide bonds. The van der Waals surface area contributed by atoms with Crippen molar-refractivity contribution in [2.75, 3.05) is 0 Å². The monoisotopic (exact) mass is 286 g/mol. The largest absolute Gasteiger partial charge is 0.504 e. The topological polar surface area (TPSA) is 79.4 Å². The van der Waals surface area contributed by atoms with E-state index in [9.17, 15) is 10.2 Å². The van der Waals surface area contributed by atoms with Gasteiger partial charge in [0.2, 0.25) is 5.89 Å². The molecule has 0 saturated heterocycles. The molecule has 0 aliphatic rings. The van der Waals surface area contributed by atoms with Crippen molar-refractivity contribution in [1.29, 1.82) is 0 Å². The van der Waals surface area contributed by atoms with Crippen LogP contribution >= 0.6 is 11.8 Å². The fourth-order valence-corrected chi connectivity index (χ4v) is 2.33. The number of phenolic OH excluding ortho intramolecular Hbond substituents is 2. The van der Waals surface area contributed by atoms with Crippen molar-refractivity contribution in [3.05, 3.63) is 48.5 Å². The Bertz CT molecular complexity index is 728. The van der Waals surface area contributed by atoms with E-state index in [0.717, 1.165) is 5.56 Å². The Kier molecular flexibility index (Phi) is 3.30. The van der Waals surface area contributed by atoms with Crippen LogP contribution in [0.2, 0.25) is 0 Å². The highest BCUT2D eigenvalue weighted by Crippen LogP contribution is 2.34. The van der Waals surface area contributed by atoms with Crippen LogP contribution in [0.5, 0.6) is 11.5 Å². The molecule has 20 heavy (non-hydrogen) atoms. The van der Waals surface area contributed by atoms with E-state index in [2.05, 4.69) is 10.2 Å². The molecule has 0 unspecified atom stereocenters. The molecule has 2 aromatic carbocycles. The Balaban J connectivity index is 1.82. The zero-order valence-electron chi connectivity index (χ0n) is 10.2. The normalized spacial score (nSPS) is 10.6. The first kappa shape index (κ1) is 12.6. The van der Waals surface area contributed by atoms with Gasteiger partial charge in [0.05, 0.1) is 0 Å². The van der Waals surface area contributed by atoms with Crippen molar-refractivity contribution in [3.8, 4) is 23.0 Å². The summed E-state index contributed by atoms with van der Waals surface area (Å²) in [7, 11) is 0. The molecule has 0 aliphatic carbocycles. The van der Waals surface area contributed by atoms with Gasteiger partial charge in [-0.2, -0.15) is 0 Å². The van der Waals surface area contributed by atoms with Gasteiger partial charge >= 0.3 is 0 Å². The number of nitrogens with zero attached hydrogens (tertiary/aromatic N) is 2. The summed E-state index contributed by atoms with van der Waals surface area (Å²) in [6, 6.07) is 14.0. The van der Waals surface area contributed by atoms with Crippen LogP contribution in [0.3, 0.4) is 0 Å². The number of aromatic nitrogens is 2. The summed E-state index contributed by atoms with van der Waals surface area (Å²) in [5.74, 6) is 0.0961. The average Bonchev–Trinajstić information content (AvgIpc) is 2.92. The molecule has 5 nitrogen and oxygen atoms in total. The van der Waals surface area contributed by atoms with Gasteiger partial charge in [-0.05, 0) is 42.1 Å². The molecule has 3 rings (SSSR count). The summed E-state index contributed by atoms with van der Waals surface area (Å²) in [5, 5.41) is 27.0. The van der Waals surface area contributed by atoms with Crippen molar-refractivity contribution in [2.24, 2.45) is 0 Å². The molecular formula is C14H10N2O3S. The van der Waals surface area contributed by atoms with Gasteiger partial charge in [-0.15, -0.1) is 10.2 Å². The lowest BCUT2D eigenvalue weighted by atomic mass is 10.2. The van der Waals surface area contributed by atoms with Crippen LogP contribution in [0.15, 0.2) is 63.1 Å². The molecule has 0 saturated carbocycles. The fraction of sp³-hybridized carbons (Fsp3) is 0. The first-order valence-corrected chi connectivity index (χ1v) is 6.63. The highest BCUT2D eigenvalue weighted by atomic mass is 32.2. The summed E-state index contributed by atoms with van der Waals surface area (Å²) in [5.41, 5.74) is 0.848. The molecule has 0 bridgehead atoms. The maximum atomic E-state index is 9.43. The second-order valence-corrected chi connectivity index (χ2v) is 5.02. The molecule has 2 N–H and O–H groups in total. The Morgan fingerprint density at radius 3 is 2.45 bits per heavy atom. The standard InChI is InChI=1S/C14H10N2O3S/c17-11-7-6-10(8-12(11)18)20-14-16-15-13(19-14)9-4-2-1-3-5-9/h1-8,17-18H. The number of aromatic hydroxyl groups is 2. The van der Waals surface area contributed by atoms with Crippen LogP contribution in [-0.2, 0) is 0 Å². The van der Waals surface area contributed by atoms with Crippen LogP contribution < -0.4 is 0 Å². The molecule has 0 radical (unpaired) electrons. The molecule has 0 atom stereocenters. The van der Waals surface area contributed by atoms with Gasteiger partial charge in [-0.1, -0.05) is 18.2 Å². The van der Waals surface area contributed by atoms with Crippen LogP contribution in [0, 0.1) is 0 Å². The predicted molar refractivity (Wildman–Crippen MR) is 73.6 cm³/mol. The van der Waals surface area contributed by atoms with Crippen molar-refractivity contribution in [3.63, 3.8) is 0 Å². The van der Waals surface area contributed by atoms with E-state index in [1.165, 1.54) is 23.9 Å². The lowest BCUT2D eigenvalue weighted by Gasteiger charge is -1.99. The van der Waals surface area contributed by atoms with Crippen LogP contribution in [0.25, 0.3) is 11.5 Å². The third kappa shape index (κ3) is 2.60. The molecule has 0 aliphatic heterocycles. The molecule has 0 fully saturated rings. The predicted octanol–water partition coefficient (Wildman–Crippen LogP) is 3.30. The van der Waals surface area contributed by atoms with E-state index >= 15 is 0 Å². The van der Waals surface area contributed by atoms with Crippen LogP contribution in [-0.4, -0.2) is 20.4 Å². The van der Waals surface area contributed by atoms with Crippen molar-refractivity contribution < 1.29 is 14.6 Å². The fourth-order valence-electron chi connectivity index (χ4n) is 1.62. The quantitative estimate of drug-likeness (QED) is 0.719. The van der Waals surface area contributed by atoms with Gasteiger partial charge in [0.1, 0.15) is 0 Å². The number of hydrogen-bond donors (Lipinski definition) is 2. The third-order valence-corrected chi connectivity index (χ3v) is 3.41. The van der Waals surface area contributed by atoms with E-state index in [-0.39, 0.29) is 11.5 Å². The number of phenols is 2. The minimum absolute atomic E-state index is 0.162. The van der Waals surface area contributed by atoms with E-state index in [1.54, 1.807) is 6.07 Å². The average molecular weight is 286 g/mol. The molecule has 1 heterocycles. The molecule has 100 valence electrons. The summed E-state index contributed by atoms with van der Waals surface area (Å²) >= 11 is 1.21. The summed E-state index contributed by atoms with van der Waals surface area (Å²) in [6.45, 7) is 0. The van der Waals surface area contributed by atoms with Crippen molar-refractivity contribution in [2.45, 2.75) is 10.1 Å². The zero-order chi connectivity index (χ0) is 13.9. The first-order chi connectivity index (χ1) is 9.72. The van der Waals surface area contributed by atoms with Gasteiger partial charge in [0.25, 0.3) is 5.22 Å². The maximum Gasteiger partial charge on any atom is 0.281 e. The van der Waals surface area contributed by atoms with Crippen molar-refractivity contribution in [1.82, 2.24) is 10.2 Å². The molecule has 1 aromatic heterocycles. The third-order valence-electron chi connectivity index (χ3n) is 2.58. The number of hydrogen-bond acceptors (Lipinski definition) is 6. The minimum Gasteiger partial charge on any atom is -0.504 e. The maximum absolute atomic E-state index is 9.43. The van der Waals surface area contributed by atoms with E-state index < -0.39 is 0 Å². The Labute approximate surface area is 118 Å². The second kappa shape index (κ2) is 5.26. The van der Waals surface area contributed by atoms with Gasteiger partial charge in [-0.3, -0.25) is 0 Å². The summed E-state index contributed by atoms with van der Waals surface area (Å²) < 4.78 is 5.54. The van der Waals surface area contributed by atoms with E-state index in [4.69, 9.17) is 4.42 Å². The Hall–Kier alpha value is -2.47. The molecule has 3 aromatic rings. The lowest BCUT2D eigenvalue weighted by molar-refractivity contribution is 0.402. The Morgan fingerprint density at radius 2 is 1.70 bits per heavy atom. The van der Waals surface area contributed by atoms with Crippen LogP contribution in [0.1, 0.15) is 0 Å². The van der Waals surface area contributed by atoms with Gasteiger partial charge in [-0.25, -0.2) is 0 Å². The smallest absolute Gasteiger partial charge is 0.281 e. The lowest BCUT2D eigenvalue weighted by Crippen LogP contribution is -1.75. The Morgan fingerprint density at radius 1 is 0.900 bits per heavy atom. The van der Waals surface area contributed by atoms with Crippen LogP contribution in [0.4, 0.5) is 0 Å². The van der Waals surface area contributed by atoms with E-state index in [1.807, 2.05) is 30.3 Å². The second-order valence-electron chi connectivity index (χ2n) is 3.99. The first-order valence-electron chi connectivity index (χ1n) is 5.81. The highest BCUT2D eigenvalue weighted by molar-refractivity contribution is 7.99. The van der Waals surface area contributed by atoms with Gasteiger partial charge < -0.3 is 14.6 Å². The zero-order valence-corrected chi connectivity index (χ0v) is 11.0. The van der Waals surface area contributed by atoms with E-state index in [0.29, 0.717) is 16.0 Å². The number of benzene rings is 2. The van der Waals surface area contributed by atoms with Crippen molar-refractivity contribution >= 4 is 11.8 Å². The van der Waals surface area contributed by atoms with Gasteiger partial charge in [0, 0.05) is 10.5 Å². The van der Waals surface area contributed by atoms with Gasteiger partial charge in [0.15, 0.2) is 11.5 Å². The minimum atomic E-state index is -0.183. The number of rotatable bonds is 3. The SMILES string of the molecule is Oc1ccc(Sc2nnc(-c3ccccc3)o2)cc1O. The summed E-state index contributed by atoms with van der Waals surface area (Å²) in [6.07, 6.45) is 0.